The lowest BCUT2D eigenvalue weighted by Crippen LogP contribution is -2.20. The second-order valence-corrected chi connectivity index (χ2v) is 9.35. The van der Waals surface area contributed by atoms with Crippen molar-refractivity contribution >= 4 is 34.4 Å². The highest BCUT2D eigenvalue weighted by Crippen LogP contribution is 2.48. The first-order valence-corrected chi connectivity index (χ1v) is 11.3. The number of nitrogens with two attached hydrogens (primary N) is 1. The van der Waals surface area contributed by atoms with Gasteiger partial charge in [0.2, 0.25) is 0 Å². The molecule has 5 N–H and O–H groups in total. The van der Waals surface area contributed by atoms with E-state index in [9.17, 15) is 9.90 Å². The highest BCUT2D eigenvalue weighted by atomic mass is 19.1. The number of benzene rings is 1. The first kappa shape index (κ1) is 21.5. The molecule has 3 aromatic heterocycles. The van der Waals surface area contributed by atoms with Crippen LogP contribution in [0.2, 0.25) is 0 Å². The third kappa shape index (κ3) is 3.75. The second kappa shape index (κ2) is 7.73. The molecule has 12 heteroatoms. The lowest BCUT2D eigenvalue weighted by molar-refractivity contribution is 0.261. The third-order valence-electron chi connectivity index (χ3n) is 6.62. The monoisotopic (exact) mass is 478 g/mol. The molecule has 2 fully saturated rings. The highest BCUT2D eigenvalue weighted by molar-refractivity contribution is 6.01. The van der Waals surface area contributed by atoms with Gasteiger partial charge in [-0.3, -0.25) is 5.32 Å². The number of carbonyl (C=O) groups is 1. The van der Waals surface area contributed by atoms with Gasteiger partial charge in [-0.1, -0.05) is 12.1 Å². The van der Waals surface area contributed by atoms with Gasteiger partial charge in [-0.25, -0.2) is 23.8 Å². The molecule has 0 saturated heterocycles. The Morgan fingerprint density at radius 3 is 2.80 bits per heavy atom. The number of aromatic nitrogens is 5. The standard InChI is InChI=1S/C23H23FN8O3/c1-23(4-5-23)16-8-17(31-35-16)29-22(34)28-15-7-14(24)13(6-11(15)9-33)19-18-20(25)26-10-27-21(18)32(30-19)12-2-3-12/h6-8,10,12,33H,2-5,9H2,1H3,(H2,25,26,27)(H2,28,29,31,34). The SMILES string of the molecule is CC1(c2cc(NC(=O)Nc3cc(F)c(-c4nn(C5CC5)c5ncnc(N)c45)cc3CO)no2)CC1. The molecular formula is C23H23FN8O3. The number of hydrogen-bond donors (Lipinski definition) is 4. The van der Waals surface area contributed by atoms with Crippen molar-refractivity contribution in [1.29, 1.82) is 0 Å². The van der Waals surface area contributed by atoms with Crippen molar-refractivity contribution in [2.45, 2.75) is 50.7 Å². The summed E-state index contributed by atoms with van der Waals surface area (Å²) in [6.45, 7) is 1.62. The Labute approximate surface area is 198 Å². The van der Waals surface area contributed by atoms with Crippen LogP contribution in [0.15, 0.2) is 29.0 Å². The predicted molar refractivity (Wildman–Crippen MR) is 125 cm³/mol. The Morgan fingerprint density at radius 1 is 1.29 bits per heavy atom. The summed E-state index contributed by atoms with van der Waals surface area (Å²) in [5.41, 5.74) is 7.43. The van der Waals surface area contributed by atoms with E-state index in [2.05, 4.69) is 37.8 Å². The molecule has 0 spiro atoms. The number of amides is 2. The molecular weight excluding hydrogens is 455 g/mol. The molecule has 2 amide bonds. The fourth-order valence-electron chi connectivity index (χ4n) is 4.13. The van der Waals surface area contributed by atoms with Crippen LogP contribution in [0.3, 0.4) is 0 Å². The Hall–Kier alpha value is -4.06. The van der Waals surface area contributed by atoms with E-state index in [1.807, 2.05) is 0 Å². The van der Waals surface area contributed by atoms with Crippen molar-refractivity contribution < 1.29 is 18.8 Å². The summed E-state index contributed by atoms with van der Waals surface area (Å²) in [5, 5.41) is 24.0. The zero-order chi connectivity index (χ0) is 24.3. The summed E-state index contributed by atoms with van der Waals surface area (Å²) in [5.74, 6) is 0.505. The number of anilines is 3. The molecule has 11 nitrogen and oxygen atoms in total. The summed E-state index contributed by atoms with van der Waals surface area (Å²) < 4.78 is 22.4. The van der Waals surface area contributed by atoms with Crippen molar-refractivity contribution in [2.75, 3.05) is 16.4 Å². The number of carbonyl (C=O) groups excluding carboxylic acids is 1. The maximum Gasteiger partial charge on any atom is 0.324 e. The van der Waals surface area contributed by atoms with E-state index in [-0.39, 0.29) is 40.0 Å². The Bertz CT molecular complexity index is 1470. The molecule has 2 aliphatic carbocycles. The molecule has 0 unspecified atom stereocenters. The van der Waals surface area contributed by atoms with Gasteiger partial charge in [0, 0.05) is 22.6 Å². The van der Waals surface area contributed by atoms with Gasteiger partial charge in [0.25, 0.3) is 0 Å². The first-order valence-electron chi connectivity index (χ1n) is 11.3. The zero-order valence-corrected chi connectivity index (χ0v) is 18.9. The topological polar surface area (TPSA) is 157 Å². The molecule has 0 atom stereocenters. The molecule has 3 heterocycles. The molecule has 4 aromatic rings. The molecule has 6 rings (SSSR count). The Morgan fingerprint density at radius 2 is 2.09 bits per heavy atom. The largest absolute Gasteiger partial charge is 0.392 e. The number of urea groups is 1. The van der Waals surface area contributed by atoms with Gasteiger partial charge in [-0.05, 0) is 37.8 Å². The number of nitrogens with zero attached hydrogens (tertiary/aromatic N) is 5. The zero-order valence-electron chi connectivity index (χ0n) is 18.9. The van der Waals surface area contributed by atoms with E-state index in [0.717, 1.165) is 31.7 Å². The van der Waals surface area contributed by atoms with Crippen LogP contribution in [0, 0.1) is 5.82 Å². The van der Waals surface area contributed by atoms with Gasteiger partial charge in [0.1, 0.15) is 29.4 Å². The van der Waals surface area contributed by atoms with Crippen LogP contribution in [0.25, 0.3) is 22.3 Å². The maximum absolute atomic E-state index is 15.3. The Balaban J connectivity index is 1.30. The number of aliphatic hydroxyl groups excluding tert-OH is 1. The molecule has 0 aliphatic heterocycles. The van der Waals surface area contributed by atoms with Crippen LogP contribution in [0.1, 0.15) is 50.0 Å². The van der Waals surface area contributed by atoms with Crippen LogP contribution < -0.4 is 16.4 Å². The van der Waals surface area contributed by atoms with Gasteiger partial charge in [0.15, 0.2) is 11.5 Å². The number of nitrogen functional groups attached to an aromatic ring is 1. The van der Waals surface area contributed by atoms with Crippen LogP contribution in [-0.2, 0) is 12.0 Å². The van der Waals surface area contributed by atoms with Gasteiger partial charge in [-0.15, -0.1) is 0 Å². The quantitative estimate of drug-likeness (QED) is 0.326. The van der Waals surface area contributed by atoms with Crippen molar-refractivity contribution in [1.82, 2.24) is 24.9 Å². The molecule has 180 valence electrons. The predicted octanol–water partition coefficient (Wildman–Crippen LogP) is 3.73. The molecule has 2 saturated carbocycles. The maximum atomic E-state index is 15.3. The molecule has 0 radical (unpaired) electrons. The lowest BCUT2D eigenvalue weighted by Gasteiger charge is -2.12. The normalized spacial score (nSPS) is 16.4. The van der Waals surface area contributed by atoms with E-state index >= 15 is 4.39 Å². The summed E-state index contributed by atoms with van der Waals surface area (Å²) in [7, 11) is 0. The van der Waals surface area contributed by atoms with Crippen molar-refractivity contribution in [3.8, 4) is 11.3 Å². The van der Waals surface area contributed by atoms with Crippen LogP contribution in [-0.4, -0.2) is 36.0 Å². The second-order valence-electron chi connectivity index (χ2n) is 9.35. The van der Waals surface area contributed by atoms with E-state index < -0.39 is 18.5 Å². The van der Waals surface area contributed by atoms with E-state index in [0.29, 0.717) is 22.4 Å². The summed E-state index contributed by atoms with van der Waals surface area (Å²) >= 11 is 0. The lowest BCUT2D eigenvalue weighted by atomic mass is 10.0. The Kier molecular flexibility index (Phi) is 4.74. The van der Waals surface area contributed by atoms with Crippen LogP contribution >= 0.6 is 0 Å². The van der Waals surface area contributed by atoms with Gasteiger partial charge in [0.05, 0.1) is 23.7 Å². The minimum Gasteiger partial charge on any atom is -0.392 e. The van der Waals surface area contributed by atoms with Gasteiger partial charge >= 0.3 is 6.03 Å². The van der Waals surface area contributed by atoms with Crippen molar-refractivity contribution in [3.05, 3.63) is 41.7 Å². The minimum absolute atomic E-state index is 0.0302. The molecule has 2 aliphatic rings. The highest BCUT2D eigenvalue weighted by Gasteiger charge is 2.43. The number of hydrogen-bond acceptors (Lipinski definition) is 8. The smallest absolute Gasteiger partial charge is 0.324 e. The molecule has 35 heavy (non-hydrogen) atoms. The van der Waals surface area contributed by atoms with Gasteiger partial charge < -0.3 is 20.7 Å². The number of fused-ring (bicyclic) bond motifs is 1. The average molecular weight is 478 g/mol. The molecule has 1 aromatic carbocycles. The van der Waals surface area contributed by atoms with Gasteiger partial charge in [-0.2, -0.15) is 5.10 Å². The number of aliphatic hydroxyl groups is 1. The average Bonchev–Trinajstić information content (AvgIpc) is 3.73. The fraction of sp³-hybridized carbons (Fsp3) is 0.348. The fourth-order valence-corrected chi connectivity index (χ4v) is 4.13. The summed E-state index contributed by atoms with van der Waals surface area (Å²) in [6, 6.07) is 3.80. The van der Waals surface area contributed by atoms with Crippen molar-refractivity contribution in [2.24, 2.45) is 0 Å². The van der Waals surface area contributed by atoms with E-state index in [1.54, 1.807) is 10.7 Å². The van der Waals surface area contributed by atoms with E-state index in [1.165, 1.54) is 12.4 Å². The third-order valence-corrected chi connectivity index (χ3v) is 6.62. The first-order chi connectivity index (χ1) is 16.9. The van der Waals surface area contributed by atoms with Crippen LogP contribution in [0.5, 0.6) is 0 Å². The number of rotatable bonds is 6. The summed E-state index contributed by atoms with van der Waals surface area (Å²) in [4.78, 5) is 20.9. The molecule has 0 bridgehead atoms. The van der Waals surface area contributed by atoms with E-state index in [4.69, 9.17) is 10.3 Å². The summed E-state index contributed by atoms with van der Waals surface area (Å²) in [6.07, 6.45) is 5.27. The minimum atomic E-state index is -0.645. The van der Waals surface area contributed by atoms with Crippen molar-refractivity contribution in [3.63, 3.8) is 0 Å². The number of halogens is 1. The van der Waals surface area contributed by atoms with Crippen LogP contribution in [0.4, 0.5) is 26.5 Å². The number of nitrogens with one attached hydrogen (secondary N) is 2.